The normalized spacial score (nSPS) is 16.2. The molecular weight excluding hydrogens is 508 g/mol. The van der Waals surface area contributed by atoms with Crippen molar-refractivity contribution in [1.82, 2.24) is 0 Å². The highest BCUT2D eigenvalue weighted by molar-refractivity contribution is 5.49. The van der Waals surface area contributed by atoms with E-state index in [2.05, 4.69) is 100 Å². The zero-order valence-corrected chi connectivity index (χ0v) is 26.2. The second kappa shape index (κ2) is 13.6. The van der Waals surface area contributed by atoms with Crippen LogP contribution in [0.3, 0.4) is 0 Å². The molecule has 2 heteroatoms. The SMILES string of the molecule is Cc1cc(N)ccc1C(C)c1ccc(C(CCCC2CCCCC2)c2ccc(C(C)c3ccc(N)cc3C)cc2)cc1. The Morgan fingerprint density at radius 2 is 1.02 bits per heavy atom. The molecule has 4 aromatic rings. The number of benzene rings is 4. The second-order valence-electron chi connectivity index (χ2n) is 13.0. The maximum atomic E-state index is 6.02. The first-order chi connectivity index (χ1) is 20.3. The number of aryl methyl sites for hydroxylation is 2. The Labute approximate surface area is 254 Å². The molecule has 2 unspecified atom stereocenters. The molecule has 0 radical (unpaired) electrons. The van der Waals surface area contributed by atoms with Crippen LogP contribution in [0.15, 0.2) is 84.9 Å². The van der Waals surface area contributed by atoms with Gasteiger partial charge in [-0.15, -0.1) is 0 Å². The van der Waals surface area contributed by atoms with E-state index in [9.17, 15) is 0 Å². The first-order valence-electron chi connectivity index (χ1n) is 16.2. The number of anilines is 2. The first-order valence-corrected chi connectivity index (χ1v) is 16.2. The molecule has 0 heterocycles. The summed E-state index contributed by atoms with van der Waals surface area (Å²) in [7, 11) is 0. The van der Waals surface area contributed by atoms with Crippen molar-refractivity contribution < 1.29 is 0 Å². The molecule has 1 saturated carbocycles. The van der Waals surface area contributed by atoms with E-state index in [1.165, 1.54) is 95.9 Å². The van der Waals surface area contributed by atoms with Gasteiger partial charge in [0, 0.05) is 29.1 Å². The summed E-state index contributed by atoms with van der Waals surface area (Å²) >= 11 is 0. The average Bonchev–Trinajstić information content (AvgIpc) is 3.00. The van der Waals surface area contributed by atoms with Crippen molar-refractivity contribution in [2.45, 2.75) is 96.8 Å². The van der Waals surface area contributed by atoms with Gasteiger partial charge in [-0.25, -0.2) is 0 Å². The van der Waals surface area contributed by atoms with E-state index in [1.807, 2.05) is 12.1 Å². The van der Waals surface area contributed by atoms with Crippen molar-refractivity contribution in [3.8, 4) is 0 Å². The molecule has 2 nitrogen and oxygen atoms in total. The summed E-state index contributed by atoms with van der Waals surface area (Å²) in [4.78, 5) is 0. The maximum absolute atomic E-state index is 6.02. The van der Waals surface area contributed by atoms with Gasteiger partial charge in [0.05, 0.1) is 0 Å². The van der Waals surface area contributed by atoms with Crippen LogP contribution >= 0.6 is 0 Å². The average molecular weight is 559 g/mol. The predicted octanol–water partition coefficient (Wildman–Crippen LogP) is 10.7. The predicted molar refractivity (Wildman–Crippen MR) is 181 cm³/mol. The van der Waals surface area contributed by atoms with Crippen LogP contribution in [0, 0.1) is 19.8 Å². The third kappa shape index (κ3) is 7.09. The van der Waals surface area contributed by atoms with Gasteiger partial charge in [-0.3, -0.25) is 0 Å². The summed E-state index contributed by atoms with van der Waals surface area (Å²) in [5, 5.41) is 0. The molecule has 5 rings (SSSR count). The Morgan fingerprint density at radius 1 is 0.595 bits per heavy atom. The van der Waals surface area contributed by atoms with Crippen LogP contribution in [0.25, 0.3) is 0 Å². The highest BCUT2D eigenvalue weighted by Gasteiger charge is 2.20. The van der Waals surface area contributed by atoms with Gasteiger partial charge in [0.25, 0.3) is 0 Å². The molecule has 0 saturated heterocycles. The Kier molecular flexibility index (Phi) is 9.73. The minimum Gasteiger partial charge on any atom is -0.399 e. The molecular formula is C40H50N2. The van der Waals surface area contributed by atoms with Gasteiger partial charge >= 0.3 is 0 Å². The summed E-state index contributed by atoms with van der Waals surface area (Å²) < 4.78 is 0. The minimum absolute atomic E-state index is 0.335. The summed E-state index contributed by atoms with van der Waals surface area (Å²) in [5.41, 5.74) is 24.5. The lowest BCUT2D eigenvalue weighted by atomic mass is 9.81. The fourth-order valence-electron chi connectivity index (χ4n) is 7.37. The van der Waals surface area contributed by atoms with E-state index in [0.29, 0.717) is 17.8 Å². The van der Waals surface area contributed by atoms with Crippen LogP contribution in [-0.4, -0.2) is 0 Å². The van der Waals surface area contributed by atoms with Gasteiger partial charge in [0.1, 0.15) is 0 Å². The van der Waals surface area contributed by atoms with Gasteiger partial charge in [-0.2, -0.15) is 0 Å². The number of hydrogen-bond acceptors (Lipinski definition) is 2. The fraction of sp³-hybridized carbons (Fsp3) is 0.400. The first kappa shape index (κ1) is 30.0. The van der Waals surface area contributed by atoms with E-state index in [4.69, 9.17) is 11.5 Å². The quantitative estimate of drug-likeness (QED) is 0.190. The number of nitrogens with two attached hydrogens (primary N) is 2. The maximum Gasteiger partial charge on any atom is 0.0316 e. The molecule has 1 aliphatic carbocycles. The highest BCUT2D eigenvalue weighted by atomic mass is 14.5. The van der Waals surface area contributed by atoms with Gasteiger partial charge < -0.3 is 11.5 Å². The molecule has 0 bridgehead atoms. The largest absolute Gasteiger partial charge is 0.399 e. The Morgan fingerprint density at radius 3 is 1.45 bits per heavy atom. The molecule has 1 fully saturated rings. The third-order valence-electron chi connectivity index (χ3n) is 10.0. The monoisotopic (exact) mass is 558 g/mol. The highest BCUT2D eigenvalue weighted by Crippen LogP contribution is 2.36. The molecule has 4 N–H and O–H groups in total. The van der Waals surface area contributed by atoms with Gasteiger partial charge in [0.2, 0.25) is 0 Å². The van der Waals surface area contributed by atoms with Crippen LogP contribution in [0.5, 0.6) is 0 Å². The lowest BCUT2D eigenvalue weighted by molar-refractivity contribution is 0.328. The summed E-state index contributed by atoms with van der Waals surface area (Å²) in [6, 6.07) is 31.5. The van der Waals surface area contributed by atoms with E-state index >= 15 is 0 Å². The molecule has 4 aromatic carbocycles. The van der Waals surface area contributed by atoms with Crippen LogP contribution < -0.4 is 11.5 Å². The van der Waals surface area contributed by atoms with Crippen molar-refractivity contribution in [2.75, 3.05) is 11.5 Å². The molecule has 220 valence electrons. The minimum atomic E-state index is 0.335. The zero-order valence-electron chi connectivity index (χ0n) is 26.2. The zero-order chi connectivity index (χ0) is 29.6. The Hall–Kier alpha value is -3.52. The van der Waals surface area contributed by atoms with Crippen LogP contribution in [0.1, 0.15) is 127 Å². The number of nitrogen functional groups attached to an aromatic ring is 2. The van der Waals surface area contributed by atoms with Crippen LogP contribution in [-0.2, 0) is 0 Å². The lowest BCUT2D eigenvalue weighted by Gasteiger charge is -2.24. The van der Waals surface area contributed by atoms with Crippen molar-refractivity contribution >= 4 is 11.4 Å². The van der Waals surface area contributed by atoms with E-state index in [1.54, 1.807) is 0 Å². The summed E-state index contributed by atoms with van der Waals surface area (Å²) in [5.74, 6) is 2.01. The number of hydrogen-bond donors (Lipinski definition) is 2. The van der Waals surface area contributed by atoms with Crippen LogP contribution in [0.2, 0.25) is 0 Å². The molecule has 2 atom stereocenters. The fourth-order valence-corrected chi connectivity index (χ4v) is 7.37. The Bertz CT molecular complexity index is 1340. The second-order valence-corrected chi connectivity index (χ2v) is 13.0. The van der Waals surface area contributed by atoms with Gasteiger partial charge in [-0.05, 0) is 95.0 Å². The molecule has 42 heavy (non-hydrogen) atoms. The standard InChI is InChI=1S/C40H50N2/c1-27-25-36(41)21-23-38(27)29(3)32-13-17-34(18-14-32)40(12-8-11-31-9-6-5-7-10-31)35-19-15-33(16-20-35)30(4)39-24-22-37(42)26-28(39)2/h13-26,29-31,40H,5-12,41-42H2,1-4H3. The molecule has 0 aliphatic heterocycles. The van der Waals surface area contributed by atoms with E-state index in [0.717, 1.165) is 17.3 Å². The van der Waals surface area contributed by atoms with Gasteiger partial charge in [-0.1, -0.05) is 119 Å². The van der Waals surface area contributed by atoms with Crippen molar-refractivity contribution in [3.05, 3.63) is 129 Å². The Balaban J connectivity index is 1.37. The summed E-state index contributed by atoms with van der Waals surface area (Å²) in [6.45, 7) is 8.94. The van der Waals surface area contributed by atoms with Crippen molar-refractivity contribution in [3.63, 3.8) is 0 Å². The molecule has 0 aromatic heterocycles. The van der Waals surface area contributed by atoms with Crippen molar-refractivity contribution in [2.24, 2.45) is 5.92 Å². The van der Waals surface area contributed by atoms with E-state index in [-0.39, 0.29) is 0 Å². The van der Waals surface area contributed by atoms with E-state index < -0.39 is 0 Å². The number of rotatable bonds is 10. The summed E-state index contributed by atoms with van der Waals surface area (Å²) in [6.07, 6.45) is 11.0. The third-order valence-corrected chi connectivity index (χ3v) is 10.0. The van der Waals surface area contributed by atoms with Crippen molar-refractivity contribution in [1.29, 1.82) is 0 Å². The molecule has 1 aliphatic rings. The molecule has 0 amide bonds. The lowest BCUT2D eigenvalue weighted by Crippen LogP contribution is -2.08. The topological polar surface area (TPSA) is 52.0 Å². The van der Waals surface area contributed by atoms with Crippen LogP contribution in [0.4, 0.5) is 11.4 Å². The smallest absolute Gasteiger partial charge is 0.0316 e. The van der Waals surface area contributed by atoms with Gasteiger partial charge in [0.15, 0.2) is 0 Å². The molecule has 0 spiro atoms.